The van der Waals surface area contributed by atoms with Crippen molar-refractivity contribution in [3.05, 3.63) is 35.7 Å². The van der Waals surface area contributed by atoms with E-state index in [0.29, 0.717) is 0 Å². The summed E-state index contributed by atoms with van der Waals surface area (Å²) in [4.78, 5) is 6.58. The standard InChI is InChI=1S/C13H18N2O/c1-10-4-3-7-15(9-10)12-5-6-13(11(2)16)14-8-12/h4-6,8,11,16H,3,7,9H2,1-2H3/t11-/m0/s1. The van der Waals surface area contributed by atoms with E-state index in [9.17, 15) is 5.11 Å². The molecule has 1 aliphatic rings. The molecule has 3 nitrogen and oxygen atoms in total. The van der Waals surface area contributed by atoms with E-state index < -0.39 is 6.10 Å². The van der Waals surface area contributed by atoms with E-state index >= 15 is 0 Å². The second kappa shape index (κ2) is 4.66. The highest BCUT2D eigenvalue weighted by molar-refractivity contribution is 5.47. The Morgan fingerprint density at radius 1 is 1.44 bits per heavy atom. The molecule has 1 atom stereocenters. The minimum absolute atomic E-state index is 0.489. The van der Waals surface area contributed by atoms with Crippen molar-refractivity contribution >= 4 is 5.69 Å². The van der Waals surface area contributed by atoms with Gasteiger partial charge in [0.1, 0.15) is 0 Å². The van der Waals surface area contributed by atoms with Gasteiger partial charge >= 0.3 is 0 Å². The van der Waals surface area contributed by atoms with Gasteiger partial charge in [-0.2, -0.15) is 0 Å². The molecule has 0 aromatic carbocycles. The highest BCUT2D eigenvalue weighted by Crippen LogP contribution is 2.20. The van der Waals surface area contributed by atoms with Crippen LogP contribution in [0.2, 0.25) is 0 Å². The second-order valence-electron chi connectivity index (χ2n) is 4.38. The molecule has 0 saturated carbocycles. The van der Waals surface area contributed by atoms with Crippen LogP contribution in [-0.2, 0) is 0 Å². The second-order valence-corrected chi connectivity index (χ2v) is 4.38. The van der Waals surface area contributed by atoms with Gasteiger partial charge in [0.05, 0.1) is 23.7 Å². The first kappa shape index (κ1) is 11.1. The van der Waals surface area contributed by atoms with Crippen LogP contribution in [0, 0.1) is 0 Å². The molecule has 16 heavy (non-hydrogen) atoms. The molecule has 0 unspecified atom stereocenters. The summed E-state index contributed by atoms with van der Waals surface area (Å²) in [7, 11) is 0. The maximum atomic E-state index is 9.38. The first-order valence-corrected chi connectivity index (χ1v) is 5.71. The molecule has 3 heteroatoms. The van der Waals surface area contributed by atoms with Crippen molar-refractivity contribution in [2.75, 3.05) is 18.0 Å². The highest BCUT2D eigenvalue weighted by atomic mass is 16.3. The fraction of sp³-hybridized carbons (Fsp3) is 0.462. The van der Waals surface area contributed by atoms with E-state index in [2.05, 4.69) is 22.9 Å². The van der Waals surface area contributed by atoms with Crippen LogP contribution in [0.3, 0.4) is 0 Å². The highest BCUT2D eigenvalue weighted by Gasteiger charge is 2.11. The molecule has 0 spiro atoms. The molecule has 0 saturated heterocycles. The molecule has 86 valence electrons. The summed E-state index contributed by atoms with van der Waals surface area (Å²) in [6.07, 6.45) is 4.75. The number of aromatic nitrogens is 1. The lowest BCUT2D eigenvalue weighted by Crippen LogP contribution is -2.29. The minimum Gasteiger partial charge on any atom is -0.387 e. The summed E-state index contributed by atoms with van der Waals surface area (Å²) >= 11 is 0. The zero-order valence-electron chi connectivity index (χ0n) is 9.85. The van der Waals surface area contributed by atoms with Crippen LogP contribution in [0.15, 0.2) is 30.0 Å². The largest absolute Gasteiger partial charge is 0.387 e. The molecule has 0 radical (unpaired) electrons. The van der Waals surface area contributed by atoms with Gasteiger partial charge in [-0.1, -0.05) is 11.6 Å². The number of hydrogen-bond donors (Lipinski definition) is 1. The molecule has 1 aromatic rings. The van der Waals surface area contributed by atoms with Gasteiger partial charge in [-0.25, -0.2) is 0 Å². The molecular formula is C13H18N2O. The number of aliphatic hydroxyl groups excluding tert-OH is 1. The summed E-state index contributed by atoms with van der Waals surface area (Å²) in [5, 5.41) is 9.38. The molecule has 1 aliphatic heterocycles. The van der Waals surface area contributed by atoms with E-state index in [0.717, 1.165) is 30.9 Å². The zero-order chi connectivity index (χ0) is 11.5. The predicted molar refractivity (Wildman–Crippen MR) is 65.5 cm³/mol. The quantitative estimate of drug-likeness (QED) is 0.774. The Balaban J connectivity index is 2.13. The molecule has 1 aromatic heterocycles. The third-order valence-electron chi connectivity index (χ3n) is 2.90. The van der Waals surface area contributed by atoms with Crippen molar-refractivity contribution in [2.24, 2.45) is 0 Å². The Hall–Kier alpha value is -1.35. The number of pyridine rings is 1. The monoisotopic (exact) mass is 218 g/mol. The normalized spacial score (nSPS) is 18.2. The van der Waals surface area contributed by atoms with E-state index in [1.165, 1.54) is 5.57 Å². The zero-order valence-corrected chi connectivity index (χ0v) is 9.85. The van der Waals surface area contributed by atoms with Crippen LogP contribution >= 0.6 is 0 Å². The minimum atomic E-state index is -0.489. The summed E-state index contributed by atoms with van der Waals surface area (Å²) in [6.45, 7) is 5.92. The topological polar surface area (TPSA) is 36.4 Å². The number of anilines is 1. The smallest absolute Gasteiger partial charge is 0.0931 e. The molecule has 0 bridgehead atoms. The molecule has 0 fully saturated rings. The van der Waals surface area contributed by atoms with E-state index in [4.69, 9.17) is 0 Å². The average molecular weight is 218 g/mol. The number of hydrogen-bond acceptors (Lipinski definition) is 3. The van der Waals surface area contributed by atoms with Gasteiger partial charge in [-0.05, 0) is 32.4 Å². The van der Waals surface area contributed by atoms with Crippen LogP contribution in [0.4, 0.5) is 5.69 Å². The van der Waals surface area contributed by atoms with Gasteiger partial charge in [0.25, 0.3) is 0 Å². The Bertz CT molecular complexity index is 381. The third-order valence-corrected chi connectivity index (χ3v) is 2.90. The van der Waals surface area contributed by atoms with Crippen molar-refractivity contribution in [1.29, 1.82) is 0 Å². The van der Waals surface area contributed by atoms with E-state index in [1.54, 1.807) is 6.92 Å². The van der Waals surface area contributed by atoms with Crippen molar-refractivity contribution < 1.29 is 5.11 Å². The lowest BCUT2D eigenvalue weighted by atomic mass is 10.1. The van der Waals surface area contributed by atoms with E-state index in [1.807, 2.05) is 18.3 Å². The van der Waals surface area contributed by atoms with E-state index in [-0.39, 0.29) is 0 Å². The molecule has 0 amide bonds. The van der Waals surface area contributed by atoms with Crippen LogP contribution in [0.25, 0.3) is 0 Å². The summed E-state index contributed by atoms with van der Waals surface area (Å²) in [5.41, 5.74) is 3.27. The van der Waals surface area contributed by atoms with Gasteiger partial charge in [0.2, 0.25) is 0 Å². The number of nitrogens with zero attached hydrogens (tertiary/aromatic N) is 2. The summed E-state index contributed by atoms with van der Waals surface area (Å²) in [5.74, 6) is 0. The average Bonchev–Trinajstić information content (AvgIpc) is 2.29. The van der Waals surface area contributed by atoms with Gasteiger partial charge in [0, 0.05) is 13.1 Å². The molecular weight excluding hydrogens is 200 g/mol. The lowest BCUT2D eigenvalue weighted by molar-refractivity contribution is 0.194. The SMILES string of the molecule is CC1=CCCN(c2ccc([C@H](C)O)nc2)C1. The predicted octanol–water partition coefficient (Wildman–Crippen LogP) is 2.29. The van der Waals surface area contributed by atoms with Crippen molar-refractivity contribution in [2.45, 2.75) is 26.4 Å². The first-order chi connectivity index (χ1) is 7.66. The van der Waals surface area contributed by atoms with Gasteiger partial charge in [0.15, 0.2) is 0 Å². The molecule has 2 rings (SSSR count). The maximum absolute atomic E-state index is 9.38. The van der Waals surface area contributed by atoms with Gasteiger partial charge in [-0.15, -0.1) is 0 Å². The summed E-state index contributed by atoms with van der Waals surface area (Å²) < 4.78 is 0. The molecule has 1 N–H and O–H groups in total. The first-order valence-electron chi connectivity index (χ1n) is 5.71. The number of aliphatic hydroxyl groups is 1. The Morgan fingerprint density at radius 3 is 2.81 bits per heavy atom. The fourth-order valence-electron chi connectivity index (χ4n) is 1.96. The van der Waals surface area contributed by atoms with Gasteiger partial charge < -0.3 is 10.0 Å². The van der Waals surface area contributed by atoms with Crippen molar-refractivity contribution in [3.63, 3.8) is 0 Å². The van der Waals surface area contributed by atoms with Crippen molar-refractivity contribution in [1.82, 2.24) is 4.98 Å². The Labute approximate surface area is 96.4 Å². The fourth-order valence-corrected chi connectivity index (χ4v) is 1.96. The molecule has 2 heterocycles. The summed E-state index contributed by atoms with van der Waals surface area (Å²) in [6, 6.07) is 3.93. The van der Waals surface area contributed by atoms with Crippen LogP contribution in [0.1, 0.15) is 32.1 Å². The van der Waals surface area contributed by atoms with Crippen LogP contribution < -0.4 is 4.90 Å². The Kier molecular flexibility index (Phi) is 3.25. The maximum Gasteiger partial charge on any atom is 0.0931 e. The Morgan fingerprint density at radius 2 is 2.25 bits per heavy atom. The van der Waals surface area contributed by atoms with Gasteiger partial charge in [-0.3, -0.25) is 4.98 Å². The van der Waals surface area contributed by atoms with Crippen LogP contribution in [0.5, 0.6) is 0 Å². The lowest BCUT2D eigenvalue weighted by Gasteiger charge is -2.28. The van der Waals surface area contributed by atoms with Crippen molar-refractivity contribution in [3.8, 4) is 0 Å². The van der Waals surface area contributed by atoms with Crippen LogP contribution in [-0.4, -0.2) is 23.2 Å². The number of rotatable bonds is 2. The third kappa shape index (κ3) is 2.42. The molecule has 0 aliphatic carbocycles.